The maximum absolute atomic E-state index is 5.19. The fraction of sp³-hybridized carbons (Fsp3) is 0.556. The van der Waals surface area contributed by atoms with Gasteiger partial charge in [0.05, 0.1) is 0 Å². The van der Waals surface area contributed by atoms with Crippen LogP contribution in [0.5, 0.6) is 0 Å². The molecule has 0 aromatic carbocycles. The summed E-state index contributed by atoms with van der Waals surface area (Å²) in [6.07, 6.45) is 4.21. The van der Waals surface area contributed by atoms with Crippen LogP contribution in [0.25, 0.3) is 0 Å². The zero-order valence-electron chi connectivity index (χ0n) is 9.29. The molecule has 0 fully saturated rings. The van der Waals surface area contributed by atoms with Crippen LogP contribution in [0.15, 0.2) is 12.7 Å². The highest BCUT2D eigenvalue weighted by Gasteiger charge is 2.15. The van der Waals surface area contributed by atoms with Gasteiger partial charge in [0.1, 0.15) is 18.7 Å². The number of rotatable bonds is 4. The normalized spacial score (nSPS) is 12.9. The van der Waals surface area contributed by atoms with E-state index in [0.717, 1.165) is 18.8 Å². The molecule has 2 aromatic heterocycles. The zero-order valence-corrected chi connectivity index (χ0v) is 10.1. The Morgan fingerprint density at radius 3 is 3.00 bits per heavy atom. The number of aromatic nitrogens is 6. The van der Waals surface area contributed by atoms with Crippen LogP contribution in [-0.4, -0.2) is 29.5 Å². The highest BCUT2D eigenvalue weighted by Crippen LogP contribution is 2.14. The fourth-order valence-electron chi connectivity index (χ4n) is 1.62. The lowest BCUT2D eigenvalue weighted by Crippen LogP contribution is -2.14. The molecule has 86 valence electrons. The van der Waals surface area contributed by atoms with Crippen LogP contribution in [0.2, 0.25) is 0 Å². The van der Waals surface area contributed by atoms with Crippen molar-refractivity contribution in [1.29, 1.82) is 0 Å². The molecular weight excluding hydrogens is 224 g/mol. The van der Waals surface area contributed by atoms with Gasteiger partial charge < -0.3 is 4.57 Å². The summed E-state index contributed by atoms with van der Waals surface area (Å²) in [7, 11) is 0. The summed E-state index contributed by atoms with van der Waals surface area (Å²) in [4.78, 5) is 3.93. The third kappa shape index (κ3) is 1.90. The smallest absolute Gasteiger partial charge is 0.195 e. The minimum absolute atomic E-state index is 0.0296. The van der Waals surface area contributed by atoms with E-state index in [9.17, 15) is 0 Å². The molecule has 0 radical (unpaired) electrons. The lowest BCUT2D eigenvalue weighted by molar-refractivity contribution is 0.497. The minimum Gasteiger partial charge on any atom is -0.302 e. The van der Waals surface area contributed by atoms with Crippen molar-refractivity contribution in [3.05, 3.63) is 23.3 Å². The van der Waals surface area contributed by atoms with Gasteiger partial charge in [-0.15, -0.1) is 0 Å². The summed E-state index contributed by atoms with van der Waals surface area (Å²) in [5, 5.41) is 11.2. The highest BCUT2D eigenvalue weighted by atomic mass is 32.1. The summed E-state index contributed by atoms with van der Waals surface area (Å²) in [5.41, 5.74) is 0. The number of aromatic amines is 1. The first kappa shape index (κ1) is 11.0. The largest absolute Gasteiger partial charge is 0.302 e. The Morgan fingerprint density at radius 1 is 1.56 bits per heavy atom. The van der Waals surface area contributed by atoms with Gasteiger partial charge in [0.15, 0.2) is 10.6 Å². The van der Waals surface area contributed by atoms with Crippen LogP contribution in [0.3, 0.4) is 0 Å². The standard InChI is InChI=1S/C9H14N6S/c1-3-4-14-8(12-13-9(14)16)7(2)15-6-10-5-11-15/h5-7H,3-4H2,1-2H3,(H,13,16). The van der Waals surface area contributed by atoms with Gasteiger partial charge in [-0.25, -0.2) is 9.67 Å². The lowest BCUT2D eigenvalue weighted by Gasteiger charge is -2.12. The van der Waals surface area contributed by atoms with Gasteiger partial charge >= 0.3 is 0 Å². The van der Waals surface area contributed by atoms with Gasteiger partial charge in [0.25, 0.3) is 0 Å². The predicted molar refractivity (Wildman–Crippen MR) is 61.5 cm³/mol. The van der Waals surface area contributed by atoms with E-state index in [1.54, 1.807) is 11.0 Å². The van der Waals surface area contributed by atoms with Gasteiger partial charge in [-0.3, -0.25) is 5.10 Å². The van der Waals surface area contributed by atoms with Crippen molar-refractivity contribution in [2.24, 2.45) is 0 Å². The minimum atomic E-state index is 0.0296. The molecular formula is C9H14N6S. The molecule has 0 saturated heterocycles. The van der Waals surface area contributed by atoms with E-state index in [1.807, 2.05) is 11.5 Å². The molecule has 0 amide bonds. The van der Waals surface area contributed by atoms with E-state index >= 15 is 0 Å². The Morgan fingerprint density at radius 2 is 2.38 bits per heavy atom. The van der Waals surface area contributed by atoms with Crippen molar-refractivity contribution in [3.63, 3.8) is 0 Å². The summed E-state index contributed by atoms with van der Waals surface area (Å²) >= 11 is 5.19. The Kier molecular flexibility index (Phi) is 3.14. The first-order valence-electron chi connectivity index (χ1n) is 5.23. The van der Waals surface area contributed by atoms with Crippen molar-refractivity contribution in [2.75, 3.05) is 0 Å². The van der Waals surface area contributed by atoms with Crippen LogP contribution in [0.4, 0.5) is 0 Å². The monoisotopic (exact) mass is 238 g/mol. The van der Waals surface area contributed by atoms with E-state index in [4.69, 9.17) is 12.2 Å². The van der Waals surface area contributed by atoms with E-state index in [1.165, 1.54) is 6.33 Å². The Bertz CT molecular complexity index is 496. The van der Waals surface area contributed by atoms with Crippen LogP contribution >= 0.6 is 12.2 Å². The molecule has 0 spiro atoms. The molecule has 2 heterocycles. The van der Waals surface area contributed by atoms with E-state index in [2.05, 4.69) is 27.2 Å². The maximum Gasteiger partial charge on any atom is 0.195 e. The second kappa shape index (κ2) is 4.56. The summed E-state index contributed by atoms with van der Waals surface area (Å²) < 4.78 is 4.42. The second-order valence-corrected chi connectivity index (χ2v) is 3.98. The lowest BCUT2D eigenvalue weighted by atomic mass is 10.3. The van der Waals surface area contributed by atoms with Crippen molar-refractivity contribution in [1.82, 2.24) is 29.5 Å². The van der Waals surface area contributed by atoms with Crippen molar-refractivity contribution in [2.45, 2.75) is 32.9 Å². The van der Waals surface area contributed by atoms with E-state index < -0.39 is 0 Å². The molecule has 2 aromatic rings. The Labute approximate surface area is 98.3 Å². The van der Waals surface area contributed by atoms with Crippen LogP contribution in [0, 0.1) is 4.77 Å². The number of hydrogen-bond donors (Lipinski definition) is 1. The second-order valence-electron chi connectivity index (χ2n) is 3.59. The molecule has 6 nitrogen and oxygen atoms in total. The average molecular weight is 238 g/mol. The molecule has 1 atom stereocenters. The molecule has 16 heavy (non-hydrogen) atoms. The first-order chi connectivity index (χ1) is 7.74. The molecule has 1 N–H and O–H groups in total. The van der Waals surface area contributed by atoms with Gasteiger partial charge in [0, 0.05) is 6.54 Å². The highest BCUT2D eigenvalue weighted by molar-refractivity contribution is 7.71. The predicted octanol–water partition coefficient (Wildman–Crippen LogP) is 1.55. The quantitative estimate of drug-likeness (QED) is 0.821. The Hall–Kier alpha value is -1.50. The summed E-state index contributed by atoms with van der Waals surface area (Å²) in [6.45, 7) is 4.99. The summed E-state index contributed by atoms with van der Waals surface area (Å²) in [6, 6.07) is 0.0296. The van der Waals surface area contributed by atoms with Crippen molar-refractivity contribution in [3.8, 4) is 0 Å². The fourth-order valence-corrected chi connectivity index (χ4v) is 1.85. The SMILES string of the molecule is CCCn1c(C(C)n2cncn2)n[nH]c1=S. The molecule has 0 saturated carbocycles. The van der Waals surface area contributed by atoms with E-state index in [-0.39, 0.29) is 6.04 Å². The molecule has 1 unspecified atom stereocenters. The van der Waals surface area contributed by atoms with Gasteiger partial charge in [-0.05, 0) is 25.6 Å². The van der Waals surface area contributed by atoms with E-state index in [0.29, 0.717) is 4.77 Å². The van der Waals surface area contributed by atoms with Crippen LogP contribution < -0.4 is 0 Å². The van der Waals surface area contributed by atoms with Crippen LogP contribution in [-0.2, 0) is 6.54 Å². The van der Waals surface area contributed by atoms with Crippen molar-refractivity contribution >= 4 is 12.2 Å². The molecule has 0 aliphatic rings. The topological polar surface area (TPSA) is 64.3 Å². The van der Waals surface area contributed by atoms with Gasteiger partial charge in [-0.2, -0.15) is 10.2 Å². The molecule has 0 bridgehead atoms. The Balaban J connectivity index is 2.37. The molecule has 2 rings (SSSR count). The third-order valence-electron chi connectivity index (χ3n) is 2.44. The number of nitrogens with one attached hydrogen (secondary N) is 1. The van der Waals surface area contributed by atoms with Crippen molar-refractivity contribution < 1.29 is 0 Å². The van der Waals surface area contributed by atoms with Gasteiger partial charge in [-0.1, -0.05) is 6.92 Å². The third-order valence-corrected chi connectivity index (χ3v) is 2.75. The number of H-pyrrole nitrogens is 1. The molecule has 0 aliphatic heterocycles. The summed E-state index contributed by atoms with van der Waals surface area (Å²) in [5.74, 6) is 0.886. The average Bonchev–Trinajstić information content (AvgIpc) is 2.89. The molecule has 7 heteroatoms. The van der Waals surface area contributed by atoms with Gasteiger partial charge in [0.2, 0.25) is 0 Å². The number of hydrogen-bond acceptors (Lipinski definition) is 4. The number of nitrogens with zero attached hydrogens (tertiary/aromatic N) is 5. The van der Waals surface area contributed by atoms with Crippen LogP contribution in [0.1, 0.15) is 32.1 Å². The maximum atomic E-state index is 5.19. The first-order valence-corrected chi connectivity index (χ1v) is 5.64. The molecule has 0 aliphatic carbocycles. The zero-order chi connectivity index (χ0) is 11.5.